The van der Waals surface area contributed by atoms with Gasteiger partial charge in [0, 0.05) is 60.5 Å². The van der Waals surface area contributed by atoms with E-state index < -0.39 is 11.9 Å². The van der Waals surface area contributed by atoms with Gasteiger partial charge in [-0.2, -0.15) is 0 Å². The molecule has 0 radical (unpaired) electrons. The van der Waals surface area contributed by atoms with Crippen LogP contribution in [0.25, 0.3) is 0 Å². The van der Waals surface area contributed by atoms with Crippen molar-refractivity contribution in [2.45, 2.75) is 69.2 Å². The molecule has 8 nitrogen and oxygen atoms in total. The Kier molecular flexibility index (Phi) is 6.17. The number of likely N-dealkylation sites (tertiary alicyclic amines) is 1. The van der Waals surface area contributed by atoms with Crippen LogP contribution >= 0.6 is 11.6 Å². The van der Waals surface area contributed by atoms with Crippen molar-refractivity contribution in [2.24, 2.45) is 0 Å². The lowest BCUT2D eigenvalue weighted by molar-refractivity contribution is -0.136. The summed E-state index contributed by atoms with van der Waals surface area (Å²) in [4.78, 5) is 45.4. The van der Waals surface area contributed by atoms with Crippen LogP contribution < -0.4 is 10.1 Å². The fourth-order valence-corrected chi connectivity index (χ4v) is 6.21. The third-order valence-electron chi connectivity index (χ3n) is 7.99. The number of amides is 3. The first-order chi connectivity index (χ1) is 17.5. The number of carbonyl (C=O) groups is 3. The first-order valence-electron chi connectivity index (χ1n) is 12.8. The van der Waals surface area contributed by atoms with Gasteiger partial charge < -0.3 is 9.64 Å². The lowest BCUT2D eigenvalue weighted by Gasteiger charge is -2.48. The summed E-state index contributed by atoms with van der Waals surface area (Å²) in [7, 11) is 0. The summed E-state index contributed by atoms with van der Waals surface area (Å²) in [6.45, 7) is 2.27. The van der Waals surface area contributed by atoms with Crippen molar-refractivity contribution in [1.82, 2.24) is 20.1 Å². The minimum absolute atomic E-state index is 0.0911. The Bertz CT molecular complexity index is 1210. The molecule has 6 rings (SSSR count). The molecule has 1 saturated carbocycles. The number of fused-ring (bicyclic) bond motifs is 1. The Balaban J connectivity index is 1.12. The molecule has 3 amide bonds. The number of halogens is 1. The van der Waals surface area contributed by atoms with Crippen LogP contribution in [-0.4, -0.2) is 63.8 Å². The van der Waals surface area contributed by atoms with Crippen molar-refractivity contribution in [3.05, 3.63) is 58.4 Å². The van der Waals surface area contributed by atoms with Gasteiger partial charge in [-0.15, -0.1) is 0 Å². The van der Waals surface area contributed by atoms with Crippen LogP contribution in [0.2, 0.25) is 5.02 Å². The smallest absolute Gasteiger partial charge is 0.255 e. The van der Waals surface area contributed by atoms with Gasteiger partial charge in [0.1, 0.15) is 17.9 Å². The van der Waals surface area contributed by atoms with Gasteiger partial charge in [0.2, 0.25) is 11.8 Å². The first-order valence-corrected chi connectivity index (χ1v) is 13.1. The van der Waals surface area contributed by atoms with Crippen molar-refractivity contribution in [1.29, 1.82) is 0 Å². The zero-order valence-electron chi connectivity index (χ0n) is 20.0. The molecule has 9 heteroatoms. The molecule has 1 aromatic heterocycles. The number of piperidine rings is 1. The third-order valence-corrected chi connectivity index (χ3v) is 8.23. The average molecular weight is 509 g/mol. The van der Waals surface area contributed by atoms with Gasteiger partial charge in [-0.05, 0) is 61.6 Å². The number of imide groups is 1. The Morgan fingerprint density at radius 1 is 1.03 bits per heavy atom. The number of carbonyl (C=O) groups excluding carboxylic acids is 3. The normalized spacial score (nSPS) is 27.0. The van der Waals surface area contributed by atoms with E-state index in [2.05, 4.69) is 15.2 Å². The minimum Gasteiger partial charge on any atom is -0.489 e. The highest BCUT2D eigenvalue weighted by atomic mass is 35.5. The highest BCUT2D eigenvalue weighted by Gasteiger charge is 2.41. The molecule has 1 N–H and O–H groups in total. The summed E-state index contributed by atoms with van der Waals surface area (Å²) >= 11 is 6.15. The number of benzene rings is 1. The highest BCUT2D eigenvalue weighted by Crippen LogP contribution is 2.36. The van der Waals surface area contributed by atoms with Gasteiger partial charge in [0.25, 0.3) is 5.91 Å². The minimum atomic E-state index is -0.608. The van der Waals surface area contributed by atoms with Gasteiger partial charge >= 0.3 is 0 Å². The van der Waals surface area contributed by atoms with Crippen LogP contribution in [0.5, 0.6) is 5.75 Å². The van der Waals surface area contributed by atoms with Crippen molar-refractivity contribution in [3.63, 3.8) is 0 Å². The number of hydrogen-bond donors (Lipinski definition) is 1. The number of pyridine rings is 1. The van der Waals surface area contributed by atoms with Gasteiger partial charge in [0.05, 0.1) is 0 Å². The van der Waals surface area contributed by atoms with E-state index in [1.165, 1.54) is 6.42 Å². The summed E-state index contributed by atoms with van der Waals surface area (Å²) in [6.07, 6.45) is 6.91. The summed E-state index contributed by atoms with van der Waals surface area (Å²) in [6, 6.07) is 9.13. The summed E-state index contributed by atoms with van der Waals surface area (Å²) in [5, 5.41) is 3.08. The zero-order valence-corrected chi connectivity index (χ0v) is 20.7. The SMILES string of the molecule is O=C1CCC(N2Cc3cc(O[C@H]4CCCC[C@@H]4N4CC(c5cc(Cl)ccn5)C4)ccc3C2=O)C(=O)N1. The molecule has 0 bridgehead atoms. The molecule has 2 saturated heterocycles. The van der Waals surface area contributed by atoms with E-state index in [4.69, 9.17) is 16.3 Å². The van der Waals surface area contributed by atoms with E-state index in [0.717, 1.165) is 54.4 Å². The standard InChI is InChI=1S/C27H29ClN4O4/c28-18-9-10-29-21(12-18)17-13-31(14-17)22-3-1-2-4-24(22)36-19-5-6-20-16(11-19)15-32(27(20)35)23-7-8-25(33)30-26(23)34/h5-6,9-12,17,22-24H,1-4,7-8,13-15H2,(H,30,33,34)/t22-,23?,24-/m0/s1. The molecule has 36 heavy (non-hydrogen) atoms. The highest BCUT2D eigenvalue weighted by molar-refractivity contribution is 6.30. The molecule has 3 aliphatic heterocycles. The molecule has 1 aliphatic carbocycles. The lowest BCUT2D eigenvalue weighted by atomic mass is 9.85. The average Bonchev–Trinajstić information content (AvgIpc) is 3.15. The molecule has 4 aliphatic rings. The van der Waals surface area contributed by atoms with Crippen LogP contribution in [0, 0.1) is 0 Å². The lowest BCUT2D eigenvalue weighted by Crippen LogP contribution is -2.57. The number of aromatic nitrogens is 1. The number of rotatable bonds is 5. The van der Waals surface area contributed by atoms with Gasteiger partial charge in [-0.25, -0.2) is 0 Å². The molecule has 3 fully saturated rings. The van der Waals surface area contributed by atoms with Crippen LogP contribution in [0.3, 0.4) is 0 Å². The summed E-state index contributed by atoms with van der Waals surface area (Å²) in [5.41, 5.74) is 2.52. The summed E-state index contributed by atoms with van der Waals surface area (Å²) < 4.78 is 6.53. The molecular weight excluding hydrogens is 480 g/mol. The quantitative estimate of drug-likeness (QED) is 0.623. The Morgan fingerprint density at radius 2 is 1.86 bits per heavy atom. The second kappa shape index (κ2) is 9.48. The van der Waals surface area contributed by atoms with E-state index in [1.54, 1.807) is 23.2 Å². The largest absolute Gasteiger partial charge is 0.489 e. The van der Waals surface area contributed by atoms with E-state index >= 15 is 0 Å². The first kappa shape index (κ1) is 23.4. The maximum atomic E-state index is 13.0. The molecule has 188 valence electrons. The molecule has 2 aromatic rings. The third kappa shape index (κ3) is 4.37. The second-order valence-electron chi connectivity index (χ2n) is 10.3. The maximum absolute atomic E-state index is 13.0. The maximum Gasteiger partial charge on any atom is 0.255 e. The van der Waals surface area contributed by atoms with Crippen LogP contribution in [0.1, 0.15) is 66.1 Å². The van der Waals surface area contributed by atoms with E-state index in [0.29, 0.717) is 30.5 Å². The number of hydrogen-bond acceptors (Lipinski definition) is 6. The van der Waals surface area contributed by atoms with Crippen LogP contribution in [0.4, 0.5) is 0 Å². The van der Waals surface area contributed by atoms with Gasteiger partial charge in [-0.1, -0.05) is 18.0 Å². The van der Waals surface area contributed by atoms with Gasteiger partial charge in [0.15, 0.2) is 0 Å². The molecule has 1 unspecified atom stereocenters. The van der Waals surface area contributed by atoms with Crippen LogP contribution in [0.15, 0.2) is 36.5 Å². The van der Waals surface area contributed by atoms with E-state index in [9.17, 15) is 14.4 Å². The van der Waals surface area contributed by atoms with Gasteiger partial charge in [-0.3, -0.25) is 29.6 Å². The topological polar surface area (TPSA) is 91.8 Å². The Labute approximate surface area is 214 Å². The predicted octanol–water partition coefficient (Wildman–Crippen LogP) is 3.29. The number of ether oxygens (including phenoxy) is 1. The summed E-state index contributed by atoms with van der Waals surface area (Å²) in [5.74, 6) is 0.320. The van der Waals surface area contributed by atoms with Crippen molar-refractivity contribution in [3.8, 4) is 5.75 Å². The molecular formula is C27H29ClN4O4. The number of nitrogens with one attached hydrogen (secondary N) is 1. The predicted molar refractivity (Wildman–Crippen MR) is 133 cm³/mol. The Hall–Kier alpha value is -2.97. The van der Waals surface area contributed by atoms with E-state index in [-0.39, 0.29) is 24.3 Å². The zero-order chi connectivity index (χ0) is 24.8. The van der Waals surface area contributed by atoms with Crippen LogP contribution in [-0.2, 0) is 16.1 Å². The second-order valence-corrected chi connectivity index (χ2v) is 10.7. The molecule has 0 spiro atoms. The molecule has 1 aromatic carbocycles. The molecule has 4 heterocycles. The monoisotopic (exact) mass is 508 g/mol. The van der Waals surface area contributed by atoms with Crippen molar-refractivity contribution < 1.29 is 19.1 Å². The van der Waals surface area contributed by atoms with Crippen molar-refractivity contribution in [2.75, 3.05) is 13.1 Å². The molecule has 3 atom stereocenters. The van der Waals surface area contributed by atoms with E-state index in [1.807, 2.05) is 18.2 Å². The fraction of sp³-hybridized carbons (Fsp3) is 0.481. The number of nitrogens with zero attached hydrogens (tertiary/aromatic N) is 3. The Morgan fingerprint density at radius 3 is 2.67 bits per heavy atom. The fourth-order valence-electron chi connectivity index (χ4n) is 6.05. The van der Waals surface area contributed by atoms with Crippen molar-refractivity contribution >= 4 is 29.3 Å².